The van der Waals surface area contributed by atoms with Gasteiger partial charge in [0, 0.05) is 87.9 Å². The summed E-state index contributed by atoms with van der Waals surface area (Å²) in [5.74, 6) is -15.1. The van der Waals surface area contributed by atoms with E-state index < -0.39 is 222 Å². The number of likely N-dealkylation sites (N-methyl/N-ethyl adjacent to an activating group) is 6. The van der Waals surface area contributed by atoms with Gasteiger partial charge in [-0.25, -0.2) is 8.78 Å². The molecule has 608 valence electrons. The third-order valence-corrected chi connectivity index (χ3v) is 22.6. The van der Waals surface area contributed by atoms with Crippen molar-refractivity contribution in [2.75, 3.05) is 101 Å². The number of alkyl halides is 6. The van der Waals surface area contributed by atoms with E-state index in [2.05, 4.69) is 16.0 Å². The highest BCUT2D eigenvalue weighted by Crippen LogP contribution is 2.40. The van der Waals surface area contributed by atoms with Crippen LogP contribution < -0.4 is 16.0 Å². The number of nitrogens with one attached hydrogen (secondary N) is 3. The predicted octanol–water partition coefficient (Wildman–Crippen LogP) is 5.26. The van der Waals surface area contributed by atoms with E-state index in [0.29, 0.717) is 56.2 Å². The average Bonchev–Trinajstić information content (AvgIpc) is 1.13. The maximum Gasteiger partial charge on any atom is 0.422 e. The van der Waals surface area contributed by atoms with E-state index in [0.717, 1.165) is 65.6 Å². The summed E-state index contributed by atoms with van der Waals surface area (Å²) in [4.78, 5) is 192. The van der Waals surface area contributed by atoms with Gasteiger partial charge in [-0.1, -0.05) is 63.8 Å². The molecule has 3 saturated heterocycles. The number of rotatable bonds is 12. The molecule has 2 aliphatic carbocycles. The molecule has 12 amide bonds. The van der Waals surface area contributed by atoms with E-state index in [1.54, 1.807) is 40.7 Å². The van der Waals surface area contributed by atoms with Crippen LogP contribution in [0.2, 0.25) is 0 Å². The van der Waals surface area contributed by atoms with Crippen molar-refractivity contribution in [3.05, 3.63) is 81.9 Å². The second kappa shape index (κ2) is 37.0. The average molecular weight is 1560 g/mol. The Bertz CT molecular complexity index is 3730. The fourth-order valence-corrected chi connectivity index (χ4v) is 15.7. The van der Waals surface area contributed by atoms with Crippen LogP contribution in [0, 0.1) is 23.5 Å². The molecule has 0 aromatic heterocycles. The Hall–Kier alpha value is -8.82. The van der Waals surface area contributed by atoms with Crippen LogP contribution in [0.5, 0.6) is 0 Å². The molecule has 5 fully saturated rings. The molecular formula is C76H104F8N12O14. The van der Waals surface area contributed by atoms with Crippen LogP contribution in [0.4, 0.5) is 35.1 Å². The number of ether oxygens (including phenoxy) is 2. The van der Waals surface area contributed by atoms with Crippen molar-refractivity contribution in [3.8, 4) is 0 Å². The van der Waals surface area contributed by atoms with Gasteiger partial charge in [0.2, 0.25) is 70.9 Å². The normalized spacial score (nSPS) is 26.9. The second-order valence-electron chi connectivity index (χ2n) is 30.1. The number of fused-ring (bicyclic) bond motifs is 3. The molecule has 0 radical (unpaired) electrons. The molecule has 2 bridgehead atoms. The standard InChI is InChI=1S/C76H104F8N12O14/c1-12-45(5)63-71(106)89(7)43-61(99)91(9)55-22-17-19-44(4)40-95(70(55)105)58(37-46-23-26-49(27-24-46)75(79,80)81)68(103)88(6)42-59(97)85-53(28-25-47-35-51(77)62(52(78)36-47)76(82,83)84)67(102)96-41-50(110-14-3)38-56(96)66(101)87-74(29-18-30-74)73(108)93(11)64(48-20-15-16-21-48)72(107)92(10)57(69(104)94-31-33-109-34-32-94)39-60(98)90(8)54(13-2)65(100)86-63/h19,23-24,26-27,35-36,45,48,50,53-58,63-64H,12-18,20-22,25,28-34,37-43H2,1-11H3,(H,85,97)(H,86,100)(H,87,101)/b44-19-/t45-,50+,53-,54-,55-,56-,57-,58-,63-,64-/m0/s1. The minimum Gasteiger partial charge on any atom is -0.378 e. The molecule has 4 aliphatic heterocycles. The Morgan fingerprint density at radius 3 is 1.86 bits per heavy atom. The van der Waals surface area contributed by atoms with Crippen LogP contribution in [-0.4, -0.2) is 276 Å². The summed E-state index contributed by atoms with van der Waals surface area (Å²) in [7, 11) is 7.84. The Balaban J connectivity index is 1.23. The maximum absolute atomic E-state index is 15.6. The number of nitrogens with zero attached hydrogens (tertiary/aromatic N) is 9. The van der Waals surface area contributed by atoms with Crippen molar-refractivity contribution < 1.29 is 102 Å². The number of hydrogen-bond donors (Lipinski definition) is 3. The molecule has 10 atom stereocenters. The largest absolute Gasteiger partial charge is 0.422 e. The summed E-state index contributed by atoms with van der Waals surface area (Å²) in [5.41, 5.74) is -4.73. The second-order valence-corrected chi connectivity index (χ2v) is 30.1. The van der Waals surface area contributed by atoms with Gasteiger partial charge in [0.1, 0.15) is 71.1 Å². The highest BCUT2D eigenvalue weighted by molar-refractivity contribution is 6.01. The number of benzene rings is 2. The van der Waals surface area contributed by atoms with Crippen LogP contribution >= 0.6 is 0 Å². The van der Waals surface area contributed by atoms with Crippen LogP contribution in [-0.2, 0) is 92.2 Å². The van der Waals surface area contributed by atoms with Crippen molar-refractivity contribution in [1.29, 1.82) is 0 Å². The molecule has 2 saturated carbocycles. The molecule has 1 spiro atoms. The summed E-state index contributed by atoms with van der Waals surface area (Å²) in [5, 5.41) is 8.26. The molecule has 0 unspecified atom stereocenters. The molecule has 8 rings (SSSR count). The van der Waals surface area contributed by atoms with Gasteiger partial charge in [0.15, 0.2) is 0 Å². The van der Waals surface area contributed by atoms with E-state index in [-0.39, 0.29) is 90.1 Å². The van der Waals surface area contributed by atoms with Gasteiger partial charge in [0.25, 0.3) is 0 Å². The first-order valence-corrected chi connectivity index (χ1v) is 37.7. The van der Waals surface area contributed by atoms with Crippen LogP contribution in [0.1, 0.15) is 147 Å². The molecule has 6 aliphatic rings. The van der Waals surface area contributed by atoms with Crippen molar-refractivity contribution >= 4 is 70.9 Å². The summed E-state index contributed by atoms with van der Waals surface area (Å²) in [6.07, 6.45) is -8.90. The van der Waals surface area contributed by atoms with E-state index in [4.69, 9.17) is 9.47 Å². The van der Waals surface area contributed by atoms with Gasteiger partial charge in [-0.3, -0.25) is 57.5 Å². The molecule has 26 nitrogen and oxygen atoms in total. The number of hydrogen-bond acceptors (Lipinski definition) is 14. The first-order chi connectivity index (χ1) is 51.8. The number of morpholine rings is 1. The van der Waals surface area contributed by atoms with E-state index >= 15 is 37.5 Å². The minimum absolute atomic E-state index is 0.0200. The number of aryl methyl sites for hydroxylation is 1. The van der Waals surface area contributed by atoms with Gasteiger partial charge in [0.05, 0.1) is 44.4 Å². The third-order valence-electron chi connectivity index (χ3n) is 22.6. The lowest BCUT2D eigenvalue weighted by Crippen LogP contribution is -2.68. The van der Waals surface area contributed by atoms with Gasteiger partial charge < -0.3 is 69.5 Å². The quantitative estimate of drug-likeness (QED) is 0.181. The summed E-state index contributed by atoms with van der Waals surface area (Å²) in [6, 6.07) is -7.33. The lowest BCUT2D eigenvalue weighted by atomic mass is 9.74. The van der Waals surface area contributed by atoms with Crippen LogP contribution in [0.15, 0.2) is 48.0 Å². The zero-order chi connectivity index (χ0) is 81.2. The number of carbonyl (C=O) groups is 12. The van der Waals surface area contributed by atoms with Gasteiger partial charge in [-0.05, 0) is 125 Å². The van der Waals surface area contributed by atoms with Crippen LogP contribution in [0.3, 0.4) is 0 Å². The predicted molar refractivity (Wildman–Crippen MR) is 383 cm³/mol. The Labute approximate surface area is 635 Å². The number of carbonyl (C=O) groups excluding carboxylic acids is 12. The van der Waals surface area contributed by atoms with Crippen molar-refractivity contribution in [2.45, 2.75) is 210 Å². The summed E-state index contributed by atoms with van der Waals surface area (Å²) in [6.45, 7) is 6.57. The van der Waals surface area contributed by atoms with Crippen molar-refractivity contribution in [3.63, 3.8) is 0 Å². The zero-order valence-electron chi connectivity index (χ0n) is 64.3. The van der Waals surface area contributed by atoms with Crippen LogP contribution in [0.25, 0.3) is 0 Å². The van der Waals surface area contributed by atoms with Crippen molar-refractivity contribution in [1.82, 2.24) is 60.0 Å². The Kier molecular flexibility index (Phi) is 29.2. The highest BCUT2D eigenvalue weighted by Gasteiger charge is 2.54. The molecule has 3 N–H and O–H groups in total. The first kappa shape index (κ1) is 86.8. The van der Waals surface area contributed by atoms with Gasteiger partial charge in [-0.2, -0.15) is 26.3 Å². The molecular weight excluding hydrogens is 1460 g/mol. The minimum atomic E-state index is -5.46. The lowest BCUT2D eigenvalue weighted by molar-refractivity contribution is -0.159. The van der Waals surface area contributed by atoms with E-state index in [1.807, 2.05) is 0 Å². The molecule has 4 heterocycles. The number of halogens is 8. The molecule has 110 heavy (non-hydrogen) atoms. The van der Waals surface area contributed by atoms with E-state index in [1.165, 1.54) is 45.0 Å². The molecule has 34 heteroatoms. The number of amides is 12. The lowest BCUT2D eigenvalue weighted by Gasteiger charge is -2.47. The summed E-state index contributed by atoms with van der Waals surface area (Å²) >= 11 is 0. The first-order valence-electron chi connectivity index (χ1n) is 37.7. The third kappa shape index (κ3) is 20.3. The molecule has 2 aromatic rings. The Morgan fingerprint density at radius 1 is 0.664 bits per heavy atom. The monoisotopic (exact) mass is 1560 g/mol. The smallest absolute Gasteiger partial charge is 0.378 e. The topological polar surface area (TPSA) is 289 Å². The highest BCUT2D eigenvalue weighted by atomic mass is 19.4. The maximum atomic E-state index is 15.6. The number of allylic oxidation sites excluding steroid dienone is 1. The SMILES string of the molecule is CCO[C@@H]1C[C@H]2C(=O)NC3(CCC3)C(=O)N(C)[C@@H](C3CCCC3)C(=O)N(C)[C@H](C(=O)N3CCOCC3)CC(=O)N(C)[C@@H](CC)C(=O)N[C@@H]([C@@H](C)CC)C(=O)N(C)CC(=O)N(C)[C@H]3CC/C=C(/C)CN(C3=O)[C@@H](Cc3ccc(C(F)(F)F)cc3)C(=O)N(C)CC(=O)N[C@@H](CCc3cc(F)c(C(F)(F)F)c(F)c3)C(=O)N2C1. The van der Waals surface area contributed by atoms with Crippen molar-refractivity contribution in [2.24, 2.45) is 11.8 Å². The van der Waals surface area contributed by atoms with Gasteiger partial charge in [-0.15, -0.1) is 0 Å². The van der Waals surface area contributed by atoms with E-state index in [9.17, 15) is 55.1 Å². The van der Waals surface area contributed by atoms with Gasteiger partial charge >= 0.3 is 12.4 Å². The fraction of sp³-hybridized carbons (Fsp3) is 0.658. The zero-order valence-corrected chi connectivity index (χ0v) is 64.3. The molecule has 2 aromatic carbocycles. The fourth-order valence-electron chi connectivity index (χ4n) is 15.7. The summed E-state index contributed by atoms with van der Waals surface area (Å²) < 4.78 is 126. The Morgan fingerprint density at radius 2 is 1.29 bits per heavy atom.